The molecule has 0 fully saturated rings. The minimum absolute atomic E-state index is 0.0236. The zero-order valence-electron chi connectivity index (χ0n) is 10.9. The van der Waals surface area contributed by atoms with Gasteiger partial charge in [-0.05, 0) is 36.4 Å². The molecule has 0 N–H and O–H groups in total. The third kappa shape index (κ3) is 2.75. The predicted molar refractivity (Wildman–Crippen MR) is 74.4 cm³/mol. The molecule has 0 amide bonds. The molecule has 2 aromatic carbocycles. The minimum Gasteiger partial charge on any atom is -0.495 e. The molecule has 0 bridgehead atoms. The molecule has 3 nitrogen and oxygen atoms in total. The Morgan fingerprint density at radius 1 is 1.00 bits per heavy atom. The van der Waals surface area contributed by atoms with Gasteiger partial charge in [-0.1, -0.05) is 11.6 Å². The van der Waals surface area contributed by atoms with Crippen LogP contribution in [0.25, 0.3) is 0 Å². The number of rotatable bonds is 4. The van der Waals surface area contributed by atoms with E-state index in [2.05, 4.69) is 0 Å². The van der Waals surface area contributed by atoms with Crippen molar-refractivity contribution in [2.45, 2.75) is 0 Å². The van der Waals surface area contributed by atoms with E-state index < -0.39 is 5.82 Å². The van der Waals surface area contributed by atoms with E-state index >= 15 is 0 Å². The SMILES string of the molecule is COc1cc(C(=O)c2ccc(OC)c(Cl)c2)ccc1F. The van der Waals surface area contributed by atoms with Gasteiger partial charge in [0.05, 0.1) is 19.2 Å². The van der Waals surface area contributed by atoms with Crippen LogP contribution in [0, 0.1) is 5.82 Å². The van der Waals surface area contributed by atoms with Crippen molar-refractivity contribution in [1.82, 2.24) is 0 Å². The molecule has 0 aromatic heterocycles. The number of carbonyl (C=O) groups is 1. The second-order valence-electron chi connectivity index (χ2n) is 4.03. The lowest BCUT2D eigenvalue weighted by molar-refractivity contribution is 0.103. The number of hydrogen-bond acceptors (Lipinski definition) is 3. The largest absolute Gasteiger partial charge is 0.495 e. The van der Waals surface area contributed by atoms with Gasteiger partial charge in [0.25, 0.3) is 0 Å². The average molecular weight is 295 g/mol. The molecular formula is C15H12ClFO3. The van der Waals surface area contributed by atoms with Gasteiger partial charge in [0, 0.05) is 11.1 Å². The lowest BCUT2D eigenvalue weighted by Gasteiger charge is -2.07. The van der Waals surface area contributed by atoms with Gasteiger partial charge < -0.3 is 9.47 Å². The van der Waals surface area contributed by atoms with E-state index in [4.69, 9.17) is 21.1 Å². The maximum Gasteiger partial charge on any atom is 0.193 e. The van der Waals surface area contributed by atoms with E-state index in [1.807, 2.05) is 0 Å². The lowest BCUT2D eigenvalue weighted by atomic mass is 10.0. The molecule has 0 saturated carbocycles. The quantitative estimate of drug-likeness (QED) is 0.806. The highest BCUT2D eigenvalue weighted by molar-refractivity contribution is 6.32. The van der Waals surface area contributed by atoms with Gasteiger partial charge in [-0.25, -0.2) is 4.39 Å². The fraction of sp³-hybridized carbons (Fsp3) is 0.133. The van der Waals surface area contributed by atoms with Crippen molar-refractivity contribution < 1.29 is 18.7 Å². The minimum atomic E-state index is -0.517. The zero-order valence-corrected chi connectivity index (χ0v) is 11.7. The van der Waals surface area contributed by atoms with Crippen LogP contribution in [-0.4, -0.2) is 20.0 Å². The van der Waals surface area contributed by atoms with Crippen molar-refractivity contribution in [3.05, 3.63) is 58.4 Å². The van der Waals surface area contributed by atoms with E-state index in [1.54, 1.807) is 12.1 Å². The number of halogens is 2. The number of ether oxygens (including phenoxy) is 2. The van der Waals surface area contributed by atoms with Crippen LogP contribution in [0.5, 0.6) is 11.5 Å². The van der Waals surface area contributed by atoms with E-state index in [0.29, 0.717) is 21.9 Å². The fourth-order valence-electron chi connectivity index (χ4n) is 1.78. The molecule has 0 aliphatic heterocycles. The molecule has 0 aliphatic rings. The van der Waals surface area contributed by atoms with E-state index in [-0.39, 0.29) is 11.5 Å². The Kier molecular flexibility index (Phi) is 4.25. The molecule has 5 heteroatoms. The number of methoxy groups -OCH3 is 2. The molecule has 0 unspecified atom stereocenters. The molecule has 2 aromatic rings. The monoisotopic (exact) mass is 294 g/mol. The van der Waals surface area contributed by atoms with E-state index in [9.17, 15) is 9.18 Å². The zero-order chi connectivity index (χ0) is 14.7. The summed E-state index contributed by atoms with van der Waals surface area (Å²) >= 11 is 5.98. The maximum absolute atomic E-state index is 13.3. The van der Waals surface area contributed by atoms with Crippen LogP contribution in [0.2, 0.25) is 5.02 Å². The lowest BCUT2D eigenvalue weighted by Crippen LogP contribution is -2.03. The van der Waals surface area contributed by atoms with Crippen LogP contribution in [0.3, 0.4) is 0 Å². The van der Waals surface area contributed by atoms with Gasteiger partial charge in [0.15, 0.2) is 17.3 Å². The summed E-state index contributed by atoms with van der Waals surface area (Å²) in [5.41, 5.74) is 0.717. The molecular weight excluding hydrogens is 283 g/mol. The van der Waals surface area contributed by atoms with Gasteiger partial charge in [-0.15, -0.1) is 0 Å². The molecule has 0 atom stereocenters. The molecule has 0 spiro atoms. The number of carbonyl (C=O) groups excluding carboxylic acids is 1. The van der Waals surface area contributed by atoms with Crippen molar-refractivity contribution in [1.29, 1.82) is 0 Å². The third-order valence-electron chi connectivity index (χ3n) is 2.83. The summed E-state index contributed by atoms with van der Waals surface area (Å²) in [6.45, 7) is 0. The first-order chi connectivity index (χ1) is 9.56. The summed E-state index contributed by atoms with van der Waals surface area (Å²) in [6, 6.07) is 8.67. The van der Waals surface area contributed by atoms with Crippen molar-refractivity contribution in [3.63, 3.8) is 0 Å². The van der Waals surface area contributed by atoms with E-state index in [1.165, 1.54) is 38.5 Å². The summed E-state index contributed by atoms with van der Waals surface area (Å²) in [5.74, 6) is -0.278. The molecule has 20 heavy (non-hydrogen) atoms. The highest BCUT2D eigenvalue weighted by Crippen LogP contribution is 2.27. The Balaban J connectivity index is 2.38. The van der Waals surface area contributed by atoms with Gasteiger partial charge in [0.1, 0.15) is 5.75 Å². The smallest absolute Gasteiger partial charge is 0.193 e. The number of hydrogen-bond donors (Lipinski definition) is 0. The second kappa shape index (κ2) is 5.92. The van der Waals surface area contributed by atoms with E-state index in [0.717, 1.165) is 0 Å². The van der Waals surface area contributed by atoms with Gasteiger partial charge in [0.2, 0.25) is 0 Å². The summed E-state index contributed by atoms with van der Waals surface area (Å²) in [4.78, 5) is 12.3. The van der Waals surface area contributed by atoms with Crippen molar-refractivity contribution in [2.24, 2.45) is 0 Å². The normalized spacial score (nSPS) is 10.2. The number of benzene rings is 2. The first-order valence-electron chi connectivity index (χ1n) is 5.78. The fourth-order valence-corrected chi connectivity index (χ4v) is 2.03. The molecule has 0 radical (unpaired) electrons. The average Bonchev–Trinajstić information content (AvgIpc) is 2.47. The predicted octanol–water partition coefficient (Wildman–Crippen LogP) is 3.73. The van der Waals surface area contributed by atoms with Crippen LogP contribution in [0.4, 0.5) is 4.39 Å². The highest BCUT2D eigenvalue weighted by Gasteiger charge is 2.14. The van der Waals surface area contributed by atoms with Crippen molar-refractivity contribution in [3.8, 4) is 11.5 Å². The van der Waals surface area contributed by atoms with Crippen molar-refractivity contribution in [2.75, 3.05) is 14.2 Å². The summed E-state index contributed by atoms with van der Waals surface area (Å²) in [5, 5.41) is 0.340. The molecule has 0 heterocycles. The Hall–Kier alpha value is -2.07. The third-order valence-corrected chi connectivity index (χ3v) is 3.12. The first kappa shape index (κ1) is 14.3. The molecule has 104 valence electrons. The molecule has 2 rings (SSSR count). The van der Waals surface area contributed by atoms with Crippen LogP contribution in [0.1, 0.15) is 15.9 Å². The van der Waals surface area contributed by atoms with Crippen molar-refractivity contribution >= 4 is 17.4 Å². The van der Waals surface area contributed by atoms with Gasteiger partial charge >= 0.3 is 0 Å². The van der Waals surface area contributed by atoms with Crippen LogP contribution in [-0.2, 0) is 0 Å². The summed E-state index contributed by atoms with van der Waals surface area (Å²) < 4.78 is 23.2. The Labute approximate surface area is 120 Å². The summed E-state index contributed by atoms with van der Waals surface area (Å²) in [7, 11) is 2.84. The molecule has 0 saturated heterocycles. The van der Waals surface area contributed by atoms with Gasteiger partial charge in [-0.2, -0.15) is 0 Å². The van der Waals surface area contributed by atoms with Crippen LogP contribution < -0.4 is 9.47 Å². The first-order valence-corrected chi connectivity index (χ1v) is 6.16. The Morgan fingerprint density at radius 2 is 1.60 bits per heavy atom. The maximum atomic E-state index is 13.3. The molecule has 0 aliphatic carbocycles. The van der Waals surface area contributed by atoms with Gasteiger partial charge in [-0.3, -0.25) is 4.79 Å². The number of ketones is 1. The van der Waals surface area contributed by atoms with Crippen LogP contribution in [0.15, 0.2) is 36.4 Å². The highest BCUT2D eigenvalue weighted by atomic mass is 35.5. The standard InChI is InChI=1S/C15H12ClFO3/c1-19-13-6-4-9(7-11(13)16)15(18)10-3-5-12(17)14(8-10)20-2/h3-8H,1-2H3. The Morgan fingerprint density at radius 3 is 2.20 bits per heavy atom. The topological polar surface area (TPSA) is 35.5 Å². The van der Waals surface area contributed by atoms with Crippen LogP contribution >= 0.6 is 11.6 Å². The summed E-state index contributed by atoms with van der Waals surface area (Å²) in [6.07, 6.45) is 0. The second-order valence-corrected chi connectivity index (χ2v) is 4.43. The Bertz CT molecular complexity index is 656.